The van der Waals surface area contributed by atoms with Gasteiger partial charge in [0.2, 0.25) is 0 Å². The molecule has 0 radical (unpaired) electrons. The second-order valence-electron chi connectivity index (χ2n) is 7.53. The number of imidazole rings is 1. The van der Waals surface area contributed by atoms with Gasteiger partial charge >= 0.3 is 0 Å². The van der Waals surface area contributed by atoms with Crippen LogP contribution in [0.2, 0.25) is 0 Å². The molecule has 1 saturated heterocycles. The lowest BCUT2D eigenvalue weighted by molar-refractivity contribution is 0.504. The van der Waals surface area contributed by atoms with Gasteiger partial charge in [-0.05, 0) is 61.9 Å². The Bertz CT molecular complexity index is 1030. The Morgan fingerprint density at radius 3 is 2.81 bits per heavy atom. The molecular formula is C20H23N5S. The molecule has 6 rings (SSSR count). The van der Waals surface area contributed by atoms with Crippen molar-refractivity contribution in [1.29, 1.82) is 0 Å². The minimum Gasteiger partial charge on any atom is -0.314 e. The molecule has 1 aromatic carbocycles. The van der Waals surface area contributed by atoms with Crippen LogP contribution in [0.15, 0.2) is 36.9 Å². The van der Waals surface area contributed by atoms with E-state index < -0.39 is 0 Å². The number of thiazole rings is 1. The van der Waals surface area contributed by atoms with Crippen LogP contribution in [0.1, 0.15) is 24.8 Å². The van der Waals surface area contributed by atoms with E-state index in [2.05, 4.69) is 51.3 Å². The average molecular weight is 366 g/mol. The minimum atomic E-state index is 0.921. The molecule has 3 aromatic heterocycles. The van der Waals surface area contributed by atoms with Crippen molar-refractivity contribution in [3.8, 4) is 10.4 Å². The molecule has 4 aromatic rings. The standard InChI is InChI=1S/C14H12N4S.C6H11N/c1-9-5-10(6-11-7-17(2)16-13(9)11)12-8-18-4-3-15-14(18)19-12;1-2-6-3-5(1)4-7-6/h3-8H,1-2H3;5-7H,1-4H2. The molecule has 0 amide bonds. The lowest BCUT2D eigenvalue weighted by atomic mass is 10.1. The van der Waals surface area contributed by atoms with E-state index in [0.717, 1.165) is 22.4 Å². The third-order valence-electron chi connectivity index (χ3n) is 5.53. The molecule has 4 heterocycles. The molecule has 1 N–H and O–H groups in total. The molecule has 26 heavy (non-hydrogen) atoms. The Hall–Kier alpha value is -2.18. The predicted molar refractivity (Wildman–Crippen MR) is 107 cm³/mol. The first-order chi connectivity index (χ1) is 12.7. The predicted octanol–water partition coefficient (Wildman–Crippen LogP) is 4.02. The van der Waals surface area contributed by atoms with Crippen LogP contribution in [-0.2, 0) is 7.05 Å². The number of nitrogens with zero attached hydrogens (tertiary/aromatic N) is 4. The highest BCUT2D eigenvalue weighted by atomic mass is 32.1. The smallest absolute Gasteiger partial charge is 0.194 e. The second kappa shape index (κ2) is 6.21. The minimum absolute atomic E-state index is 0.921. The zero-order chi connectivity index (χ0) is 17.7. The topological polar surface area (TPSA) is 47.1 Å². The van der Waals surface area contributed by atoms with Crippen LogP contribution < -0.4 is 5.32 Å². The summed E-state index contributed by atoms with van der Waals surface area (Å²) in [5.74, 6) is 1.06. The Labute approximate surface area is 156 Å². The average Bonchev–Trinajstić information content (AvgIpc) is 3.41. The van der Waals surface area contributed by atoms with Gasteiger partial charge in [-0.25, -0.2) is 4.98 Å². The summed E-state index contributed by atoms with van der Waals surface area (Å²) in [6.45, 7) is 3.42. The van der Waals surface area contributed by atoms with Crippen molar-refractivity contribution >= 4 is 27.2 Å². The van der Waals surface area contributed by atoms with E-state index in [1.54, 1.807) is 11.3 Å². The van der Waals surface area contributed by atoms with Gasteiger partial charge in [0.15, 0.2) is 4.96 Å². The van der Waals surface area contributed by atoms with Gasteiger partial charge < -0.3 is 5.32 Å². The summed E-state index contributed by atoms with van der Waals surface area (Å²) in [6, 6.07) is 5.31. The van der Waals surface area contributed by atoms with Gasteiger partial charge in [0.1, 0.15) is 0 Å². The van der Waals surface area contributed by atoms with E-state index in [-0.39, 0.29) is 0 Å². The zero-order valence-electron chi connectivity index (χ0n) is 15.1. The molecule has 134 valence electrons. The number of rotatable bonds is 1. The van der Waals surface area contributed by atoms with Crippen molar-refractivity contribution in [3.63, 3.8) is 0 Å². The fraction of sp³-hybridized carbons (Fsp3) is 0.400. The highest BCUT2D eigenvalue weighted by Crippen LogP contribution is 2.32. The number of hydrogen-bond donors (Lipinski definition) is 1. The lowest BCUT2D eigenvalue weighted by Crippen LogP contribution is -2.23. The molecular weight excluding hydrogens is 342 g/mol. The molecule has 2 atom stereocenters. The largest absolute Gasteiger partial charge is 0.314 e. The Morgan fingerprint density at radius 1 is 1.23 bits per heavy atom. The summed E-state index contributed by atoms with van der Waals surface area (Å²) >= 11 is 1.71. The molecule has 2 bridgehead atoms. The van der Waals surface area contributed by atoms with E-state index in [1.165, 1.54) is 47.2 Å². The molecule has 1 saturated carbocycles. The maximum absolute atomic E-state index is 4.48. The number of aryl methyl sites for hydroxylation is 2. The fourth-order valence-corrected chi connectivity index (χ4v) is 5.14. The second-order valence-corrected chi connectivity index (χ2v) is 8.54. The van der Waals surface area contributed by atoms with Crippen LogP contribution in [0.4, 0.5) is 0 Å². The van der Waals surface area contributed by atoms with Gasteiger partial charge in [-0.2, -0.15) is 5.10 Å². The van der Waals surface area contributed by atoms with Crippen molar-refractivity contribution in [2.45, 2.75) is 32.2 Å². The van der Waals surface area contributed by atoms with Crippen LogP contribution in [-0.4, -0.2) is 31.8 Å². The first-order valence-electron chi connectivity index (χ1n) is 9.26. The van der Waals surface area contributed by atoms with Crippen molar-refractivity contribution < 1.29 is 0 Å². The van der Waals surface area contributed by atoms with Gasteiger partial charge in [0.05, 0.1) is 10.4 Å². The fourth-order valence-electron chi connectivity index (χ4n) is 4.21. The molecule has 2 unspecified atom stereocenters. The molecule has 1 aliphatic heterocycles. The lowest BCUT2D eigenvalue weighted by Gasteiger charge is -2.08. The number of benzene rings is 1. The van der Waals surface area contributed by atoms with Gasteiger partial charge in [0.25, 0.3) is 0 Å². The molecule has 2 fully saturated rings. The Balaban J connectivity index is 0.000000178. The van der Waals surface area contributed by atoms with Crippen molar-refractivity contribution in [3.05, 3.63) is 42.5 Å². The number of nitrogens with one attached hydrogen (secondary N) is 1. The summed E-state index contributed by atoms with van der Waals surface area (Å²) in [4.78, 5) is 6.58. The van der Waals surface area contributed by atoms with Gasteiger partial charge in [-0.1, -0.05) is 11.3 Å². The third-order valence-corrected chi connectivity index (χ3v) is 6.59. The maximum atomic E-state index is 4.48. The molecule has 0 spiro atoms. The van der Waals surface area contributed by atoms with Crippen LogP contribution >= 0.6 is 11.3 Å². The van der Waals surface area contributed by atoms with Crippen LogP contribution in [0.5, 0.6) is 0 Å². The number of aromatic nitrogens is 4. The summed E-state index contributed by atoms with van der Waals surface area (Å²) < 4.78 is 3.92. The highest BCUT2D eigenvalue weighted by Gasteiger charge is 2.30. The van der Waals surface area contributed by atoms with E-state index in [0.29, 0.717) is 0 Å². The number of hydrogen-bond acceptors (Lipinski definition) is 4. The van der Waals surface area contributed by atoms with Crippen LogP contribution in [0, 0.1) is 12.8 Å². The van der Waals surface area contributed by atoms with Gasteiger partial charge in [-0.3, -0.25) is 9.08 Å². The first-order valence-corrected chi connectivity index (χ1v) is 10.1. The number of piperidine rings is 1. The van der Waals surface area contributed by atoms with Gasteiger partial charge in [-0.15, -0.1) is 0 Å². The van der Waals surface area contributed by atoms with E-state index >= 15 is 0 Å². The van der Waals surface area contributed by atoms with E-state index in [9.17, 15) is 0 Å². The van der Waals surface area contributed by atoms with Crippen molar-refractivity contribution in [1.82, 2.24) is 24.5 Å². The normalized spacial score (nSPS) is 21.5. The van der Waals surface area contributed by atoms with Gasteiger partial charge in [0, 0.05) is 43.3 Å². The molecule has 1 aliphatic carbocycles. The monoisotopic (exact) mass is 365 g/mol. The molecule has 5 nitrogen and oxygen atoms in total. The maximum Gasteiger partial charge on any atom is 0.194 e. The Kier molecular flexibility index (Phi) is 3.83. The van der Waals surface area contributed by atoms with Crippen LogP contribution in [0.3, 0.4) is 0 Å². The molecule has 6 heteroatoms. The van der Waals surface area contributed by atoms with Crippen molar-refractivity contribution in [2.24, 2.45) is 13.0 Å². The summed E-state index contributed by atoms with van der Waals surface area (Å²) in [7, 11) is 1.96. The summed E-state index contributed by atoms with van der Waals surface area (Å²) in [5, 5.41) is 9.12. The highest BCUT2D eigenvalue weighted by molar-refractivity contribution is 7.20. The first kappa shape index (κ1) is 16.0. The summed E-state index contributed by atoms with van der Waals surface area (Å²) in [5.41, 5.74) is 3.51. The SMILES string of the molecule is C1CC2CC1CN2.Cc1cc(-c2cn3ccnc3s2)cc2cn(C)nc12. The van der Waals surface area contributed by atoms with Crippen LogP contribution in [0.25, 0.3) is 26.3 Å². The third kappa shape index (κ3) is 2.83. The van der Waals surface area contributed by atoms with E-state index in [4.69, 9.17) is 0 Å². The van der Waals surface area contributed by atoms with Crippen molar-refractivity contribution in [2.75, 3.05) is 6.54 Å². The Morgan fingerprint density at radius 2 is 2.15 bits per heavy atom. The summed E-state index contributed by atoms with van der Waals surface area (Å²) in [6.07, 6.45) is 12.4. The zero-order valence-corrected chi connectivity index (χ0v) is 16.0. The van der Waals surface area contributed by atoms with E-state index in [1.807, 2.05) is 24.1 Å². The quantitative estimate of drug-likeness (QED) is 0.554. The number of fused-ring (bicyclic) bond motifs is 4. The molecule has 2 aliphatic rings.